The number of aromatic nitrogens is 2. The van der Waals surface area contributed by atoms with Crippen molar-refractivity contribution in [1.82, 2.24) is 20.4 Å². The molecule has 0 saturated carbocycles. The molecule has 0 bridgehead atoms. The van der Waals surface area contributed by atoms with Gasteiger partial charge >= 0.3 is 0 Å². The quantitative estimate of drug-likeness (QED) is 0.662. The first-order chi connectivity index (χ1) is 13.0. The van der Waals surface area contributed by atoms with Crippen LogP contribution in [0.4, 0.5) is 0 Å². The zero-order valence-corrected chi connectivity index (χ0v) is 15.9. The summed E-state index contributed by atoms with van der Waals surface area (Å²) >= 11 is 0. The minimum Gasteiger partial charge on any atom is -0.493 e. The third-order valence-electron chi connectivity index (χ3n) is 3.83. The highest BCUT2D eigenvalue weighted by atomic mass is 16.5. The van der Waals surface area contributed by atoms with Gasteiger partial charge in [-0.25, -0.2) is 0 Å². The van der Waals surface area contributed by atoms with Crippen LogP contribution >= 0.6 is 0 Å². The van der Waals surface area contributed by atoms with Crippen LogP contribution in [0.5, 0.6) is 17.4 Å². The molecule has 146 valence electrons. The Bertz CT molecular complexity index is 803. The van der Waals surface area contributed by atoms with E-state index < -0.39 is 5.91 Å². The maximum atomic E-state index is 12.1. The van der Waals surface area contributed by atoms with Crippen LogP contribution < -0.4 is 24.8 Å². The van der Waals surface area contributed by atoms with E-state index in [0.717, 1.165) is 5.56 Å². The molecule has 0 unspecified atom stereocenters. The molecule has 1 aromatic heterocycles. The molecule has 2 rings (SSSR count). The van der Waals surface area contributed by atoms with Crippen LogP contribution in [0.25, 0.3) is 0 Å². The van der Waals surface area contributed by atoms with Crippen molar-refractivity contribution in [2.24, 2.45) is 7.05 Å². The second kappa shape index (κ2) is 9.46. The van der Waals surface area contributed by atoms with Crippen LogP contribution in [-0.4, -0.2) is 56.0 Å². The van der Waals surface area contributed by atoms with E-state index in [-0.39, 0.29) is 23.9 Å². The van der Waals surface area contributed by atoms with Gasteiger partial charge in [0.2, 0.25) is 11.8 Å². The molecule has 1 aromatic carbocycles. The summed E-state index contributed by atoms with van der Waals surface area (Å²) in [4.78, 5) is 24.0. The first-order valence-corrected chi connectivity index (χ1v) is 8.32. The summed E-state index contributed by atoms with van der Waals surface area (Å²) in [5.41, 5.74) is 1.27. The highest BCUT2D eigenvalue weighted by Gasteiger charge is 2.16. The zero-order chi connectivity index (χ0) is 19.8. The number of methoxy groups -OCH3 is 3. The van der Waals surface area contributed by atoms with Gasteiger partial charge in [0.1, 0.15) is 5.56 Å². The molecule has 2 aromatic rings. The fourth-order valence-electron chi connectivity index (χ4n) is 2.48. The molecule has 0 aliphatic heterocycles. The molecule has 2 amide bonds. The van der Waals surface area contributed by atoms with Gasteiger partial charge in [-0.15, -0.1) is 5.10 Å². The third kappa shape index (κ3) is 5.37. The normalized spacial score (nSPS) is 10.2. The van der Waals surface area contributed by atoms with E-state index in [0.29, 0.717) is 24.5 Å². The number of carbonyl (C=O) groups is 2. The first-order valence-electron chi connectivity index (χ1n) is 8.32. The van der Waals surface area contributed by atoms with Crippen molar-refractivity contribution < 1.29 is 23.8 Å². The van der Waals surface area contributed by atoms with Gasteiger partial charge in [-0.1, -0.05) is 6.07 Å². The standard InChI is InChI=1S/C18H24N4O5/c1-22-11-13(18(21-22)27-4)17(24)20-10-16(23)19-8-7-12-5-6-14(25-2)15(9-12)26-3/h5-6,9,11H,7-8,10H2,1-4H3,(H,19,23)(H,20,24). The average Bonchev–Trinajstić information content (AvgIpc) is 3.06. The molecule has 9 nitrogen and oxygen atoms in total. The smallest absolute Gasteiger partial charge is 0.258 e. The van der Waals surface area contributed by atoms with E-state index in [1.54, 1.807) is 21.3 Å². The highest BCUT2D eigenvalue weighted by Crippen LogP contribution is 2.27. The summed E-state index contributed by atoms with van der Waals surface area (Å²) in [6, 6.07) is 5.59. The van der Waals surface area contributed by atoms with Gasteiger partial charge in [0.15, 0.2) is 11.5 Å². The van der Waals surface area contributed by atoms with Crippen molar-refractivity contribution in [3.05, 3.63) is 35.5 Å². The number of carbonyl (C=O) groups excluding carboxylic acids is 2. The summed E-state index contributed by atoms with van der Waals surface area (Å²) in [7, 11) is 6.26. The number of hydrogen-bond donors (Lipinski definition) is 2. The predicted molar refractivity (Wildman–Crippen MR) is 98.4 cm³/mol. The van der Waals surface area contributed by atoms with Crippen molar-refractivity contribution in [2.45, 2.75) is 6.42 Å². The Balaban J connectivity index is 1.78. The molecule has 0 radical (unpaired) electrons. The van der Waals surface area contributed by atoms with Gasteiger partial charge in [-0.3, -0.25) is 14.3 Å². The lowest BCUT2D eigenvalue weighted by Crippen LogP contribution is -2.37. The molecule has 9 heteroatoms. The third-order valence-corrected chi connectivity index (χ3v) is 3.83. The Kier molecular flexibility index (Phi) is 7.04. The summed E-state index contributed by atoms with van der Waals surface area (Å²) in [6.07, 6.45) is 2.15. The Morgan fingerprint density at radius 3 is 2.48 bits per heavy atom. The van der Waals surface area contributed by atoms with Gasteiger partial charge in [0, 0.05) is 19.8 Å². The van der Waals surface area contributed by atoms with Gasteiger partial charge < -0.3 is 24.8 Å². The van der Waals surface area contributed by atoms with E-state index in [2.05, 4.69) is 15.7 Å². The van der Waals surface area contributed by atoms with Crippen LogP contribution in [-0.2, 0) is 18.3 Å². The summed E-state index contributed by atoms with van der Waals surface area (Å²) in [5, 5.41) is 9.31. The number of hydrogen-bond acceptors (Lipinski definition) is 6. The fraction of sp³-hybridized carbons (Fsp3) is 0.389. The van der Waals surface area contributed by atoms with Gasteiger partial charge in [-0.05, 0) is 24.1 Å². The summed E-state index contributed by atoms with van der Waals surface area (Å²) in [5.74, 6) is 0.795. The maximum Gasteiger partial charge on any atom is 0.258 e. The van der Waals surface area contributed by atoms with Crippen LogP contribution in [0, 0.1) is 0 Å². The topological polar surface area (TPSA) is 104 Å². The lowest BCUT2D eigenvalue weighted by Gasteiger charge is -2.10. The molecule has 1 heterocycles. The number of rotatable bonds is 9. The molecule has 0 aliphatic carbocycles. The highest BCUT2D eigenvalue weighted by molar-refractivity contribution is 5.98. The first kappa shape index (κ1) is 20.1. The van der Waals surface area contributed by atoms with Crippen LogP contribution in [0.3, 0.4) is 0 Å². The fourth-order valence-corrected chi connectivity index (χ4v) is 2.48. The summed E-state index contributed by atoms with van der Waals surface area (Å²) < 4.78 is 16.9. The van der Waals surface area contributed by atoms with E-state index in [9.17, 15) is 9.59 Å². The lowest BCUT2D eigenvalue weighted by molar-refractivity contribution is -0.120. The van der Waals surface area contributed by atoms with Crippen molar-refractivity contribution in [3.63, 3.8) is 0 Å². The molecular weight excluding hydrogens is 352 g/mol. The van der Waals surface area contributed by atoms with E-state index in [1.165, 1.54) is 18.0 Å². The number of amides is 2. The van der Waals surface area contributed by atoms with Gasteiger partial charge in [-0.2, -0.15) is 0 Å². The molecule has 0 fully saturated rings. The van der Waals surface area contributed by atoms with Crippen LogP contribution in [0.2, 0.25) is 0 Å². The monoisotopic (exact) mass is 376 g/mol. The minimum absolute atomic E-state index is 0.136. The molecule has 0 atom stereocenters. The van der Waals surface area contributed by atoms with Gasteiger partial charge in [0.05, 0.1) is 27.9 Å². The largest absolute Gasteiger partial charge is 0.493 e. The Morgan fingerprint density at radius 2 is 1.81 bits per heavy atom. The summed E-state index contributed by atoms with van der Waals surface area (Å²) in [6.45, 7) is 0.295. The average molecular weight is 376 g/mol. The lowest BCUT2D eigenvalue weighted by atomic mass is 10.1. The van der Waals surface area contributed by atoms with E-state index in [1.807, 2.05) is 18.2 Å². The van der Waals surface area contributed by atoms with E-state index >= 15 is 0 Å². The molecule has 0 spiro atoms. The van der Waals surface area contributed by atoms with Gasteiger partial charge in [0.25, 0.3) is 5.91 Å². The van der Waals surface area contributed by atoms with Crippen molar-refractivity contribution in [3.8, 4) is 17.4 Å². The molecule has 0 aliphatic rings. The number of nitrogens with zero attached hydrogens (tertiary/aromatic N) is 2. The Labute approximate surface area is 157 Å². The number of aryl methyl sites for hydroxylation is 1. The van der Waals surface area contributed by atoms with Crippen molar-refractivity contribution in [2.75, 3.05) is 34.4 Å². The number of nitrogens with one attached hydrogen (secondary N) is 2. The zero-order valence-electron chi connectivity index (χ0n) is 15.9. The molecule has 27 heavy (non-hydrogen) atoms. The van der Waals surface area contributed by atoms with Crippen LogP contribution in [0.1, 0.15) is 15.9 Å². The molecular formula is C18H24N4O5. The Hall–Kier alpha value is -3.23. The maximum absolute atomic E-state index is 12.1. The van der Waals surface area contributed by atoms with Crippen molar-refractivity contribution >= 4 is 11.8 Å². The van der Waals surface area contributed by atoms with Crippen molar-refractivity contribution in [1.29, 1.82) is 0 Å². The molecule has 0 saturated heterocycles. The molecule has 2 N–H and O–H groups in total. The predicted octanol–water partition coefficient (Wildman–Crippen LogP) is 0.535. The Morgan fingerprint density at radius 1 is 1.07 bits per heavy atom. The van der Waals surface area contributed by atoms with E-state index in [4.69, 9.17) is 14.2 Å². The number of ether oxygens (including phenoxy) is 3. The SMILES string of the molecule is COc1ccc(CCNC(=O)CNC(=O)c2cn(C)nc2OC)cc1OC. The second-order valence-corrected chi connectivity index (χ2v) is 5.70. The second-order valence-electron chi connectivity index (χ2n) is 5.70. The number of benzene rings is 1. The van der Waals surface area contributed by atoms with Crippen LogP contribution in [0.15, 0.2) is 24.4 Å². The minimum atomic E-state index is -0.421.